The fourth-order valence-electron chi connectivity index (χ4n) is 2.21. The van der Waals surface area contributed by atoms with E-state index in [9.17, 15) is 14.4 Å². The Labute approximate surface area is 127 Å². The van der Waals surface area contributed by atoms with E-state index in [1.807, 2.05) is 18.2 Å². The Bertz CT molecular complexity index is 546. The van der Waals surface area contributed by atoms with Crippen molar-refractivity contribution in [2.75, 3.05) is 13.1 Å². The van der Waals surface area contributed by atoms with Gasteiger partial charge in [-0.1, -0.05) is 30.3 Å². The predicted molar refractivity (Wildman–Crippen MR) is 77.0 cm³/mol. The zero-order valence-electron chi connectivity index (χ0n) is 12.0. The third-order valence-electron chi connectivity index (χ3n) is 3.38. The van der Waals surface area contributed by atoms with Crippen molar-refractivity contribution in [3.63, 3.8) is 0 Å². The molecule has 1 unspecified atom stereocenters. The summed E-state index contributed by atoms with van der Waals surface area (Å²) in [5, 5.41) is 11.4. The Morgan fingerprint density at radius 2 is 2.05 bits per heavy atom. The largest absolute Gasteiger partial charge is 0.480 e. The highest BCUT2D eigenvalue weighted by Gasteiger charge is 2.28. The molecule has 1 aliphatic rings. The van der Waals surface area contributed by atoms with Crippen LogP contribution in [0, 0.1) is 0 Å². The average Bonchev–Trinajstić information content (AvgIpc) is 2.91. The highest BCUT2D eigenvalue weighted by atomic mass is 16.5. The molecule has 1 fully saturated rings. The van der Waals surface area contributed by atoms with Crippen molar-refractivity contribution >= 4 is 18.0 Å². The minimum absolute atomic E-state index is 0.0470. The Kier molecular flexibility index (Phi) is 5.35. The molecule has 1 aromatic rings. The van der Waals surface area contributed by atoms with Gasteiger partial charge < -0.3 is 20.1 Å². The number of rotatable bonds is 6. The molecule has 0 bridgehead atoms. The van der Waals surface area contributed by atoms with Crippen molar-refractivity contribution < 1.29 is 24.2 Å². The number of nitrogens with one attached hydrogen (secondary N) is 1. The minimum Gasteiger partial charge on any atom is -0.480 e. The minimum atomic E-state index is -1.20. The number of hydrogen-bond donors (Lipinski definition) is 2. The number of aliphatic carboxylic acids is 1. The molecule has 1 aliphatic heterocycles. The van der Waals surface area contributed by atoms with Crippen molar-refractivity contribution in [1.82, 2.24) is 10.2 Å². The molecule has 0 spiro atoms. The number of carboxylic acids is 1. The van der Waals surface area contributed by atoms with Gasteiger partial charge in [0.15, 0.2) is 0 Å². The number of carbonyl (C=O) groups is 3. The maximum Gasteiger partial charge on any atom is 0.408 e. The van der Waals surface area contributed by atoms with E-state index >= 15 is 0 Å². The topological polar surface area (TPSA) is 95.9 Å². The molecule has 0 radical (unpaired) electrons. The van der Waals surface area contributed by atoms with Gasteiger partial charge >= 0.3 is 12.1 Å². The van der Waals surface area contributed by atoms with Gasteiger partial charge in [0.1, 0.15) is 12.6 Å². The summed E-state index contributed by atoms with van der Waals surface area (Å²) in [6, 6.07) is 7.89. The highest BCUT2D eigenvalue weighted by molar-refractivity contribution is 5.82. The van der Waals surface area contributed by atoms with E-state index in [0.717, 1.165) is 5.56 Å². The average molecular weight is 306 g/mol. The van der Waals surface area contributed by atoms with E-state index in [1.165, 1.54) is 4.90 Å². The maximum atomic E-state index is 11.7. The normalized spacial score (nSPS) is 15.5. The number of carbonyl (C=O) groups excluding carboxylic acids is 2. The summed E-state index contributed by atoms with van der Waals surface area (Å²) in [6.07, 6.45) is 0.317. The number of amides is 2. The van der Waals surface area contributed by atoms with Gasteiger partial charge in [-0.2, -0.15) is 0 Å². The van der Waals surface area contributed by atoms with Gasteiger partial charge in [-0.15, -0.1) is 0 Å². The molecule has 7 heteroatoms. The summed E-state index contributed by atoms with van der Waals surface area (Å²) in [4.78, 5) is 35.8. The lowest BCUT2D eigenvalue weighted by molar-refractivity contribution is -0.140. The van der Waals surface area contributed by atoms with E-state index < -0.39 is 18.1 Å². The highest BCUT2D eigenvalue weighted by Crippen LogP contribution is 2.10. The molecule has 0 saturated carbocycles. The summed E-state index contributed by atoms with van der Waals surface area (Å²) in [6.45, 7) is 0.527. The van der Waals surface area contributed by atoms with Crippen LogP contribution in [0.25, 0.3) is 0 Å². The van der Waals surface area contributed by atoms with Crippen LogP contribution in [0.4, 0.5) is 4.79 Å². The van der Waals surface area contributed by atoms with Crippen LogP contribution < -0.4 is 5.32 Å². The van der Waals surface area contributed by atoms with Gasteiger partial charge in [0.25, 0.3) is 0 Å². The summed E-state index contributed by atoms with van der Waals surface area (Å²) < 4.78 is 4.98. The Balaban J connectivity index is 1.83. The van der Waals surface area contributed by atoms with E-state index in [-0.39, 0.29) is 19.1 Å². The van der Waals surface area contributed by atoms with E-state index in [4.69, 9.17) is 9.84 Å². The van der Waals surface area contributed by atoms with Crippen LogP contribution in [0.1, 0.15) is 18.4 Å². The summed E-state index contributed by atoms with van der Waals surface area (Å²) in [7, 11) is 0. The van der Waals surface area contributed by atoms with Gasteiger partial charge in [-0.05, 0) is 12.0 Å². The first-order chi connectivity index (χ1) is 10.6. The van der Waals surface area contributed by atoms with Gasteiger partial charge in [0.2, 0.25) is 5.91 Å². The second kappa shape index (κ2) is 7.44. The van der Waals surface area contributed by atoms with E-state index in [0.29, 0.717) is 19.4 Å². The molecule has 0 aromatic heterocycles. The van der Waals surface area contributed by atoms with Crippen LogP contribution in [-0.4, -0.2) is 47.1 Å². The number of nitrogens with zero attached hydrogens (tertiary/aromatic N) is 1. The maximum absolute atomic E-state index is 11.7. The number of hydrogen-bond acceptors (Lipinski definition) is 4. The molecular formula is C15H18N2O5. The van der Waals surface area contributed by atoms with Crippen LogP contribution in [0.5, 0.6) is 0 Å². The summed E-state index contributed by atoms with van der Waals surface area (Å²) >= 11 is 0. The molecular weight excluding hydrogens is 288 g/mol. The second-order valence-electron chi connectivity index (χ2n) is 5.04. The molecule has 1 aromatic carbocycles. The lowest BCUT2D eigenvalue weighted by Crippen LogP contribution is -2.48. The van der Waals surface area contributed by atoms with Gasteiger partial charge in [0.05, 0.1) is 6.54 Å². The lowest BCUT2D eigenvalue weighted by atomic mass is 10.2. The molecule has 1 atom stereocenters. The Morgan fingerprint density at radius 1 is 1.32 bits per heavy atom. The molecule has 2 N–H and O–H groups in total. The number of ether oxygens (including phenoxy) is 1. The molecule has 2 rings (SSSR count). The Hall–Kier alpha value is -2.57. The lowest BCUT2D eigenvalue weighted by Gasteiger charge is -2.21. The fraction of sp³-hybridized carbons (Fsp3) is 0.400. The monoisotopic (exact) mass is 306 g/mol. The number of alkyl carbamates (subject to hydrolysis) is 1. The fourth-order valence-corrected chi connectivity index (χ4v) is 2.21. The molecule has 1 heterocycles. The van der Waals surface area contributed by atoms with Crippen molar-refractivity contribution in [2.45, 2.75) is 25.5 Å². The van der Waals surface area contributed by atoms with Gasteiger partial charge in [0, 0.05) is 13.0 Å². The molecule has 22 heavy (non-hydrogen) atoms. The number of benzene rings is 1. The van der Waals surface area contributed by atoms with Crippen molar-refractivity contribution in [1.29, 1.82) is 0 Å². The van der Waals surface area contributed by atoms with Gasteiger partial charge in [-0.25, -0.2) is 9.59 Å². The van der Waals surface area contributed by atoms with Gasteiger partial charge in [-0.3, -0.25) is 4.79 Å². The van der Waals surface area contributed by atoms with Crippen LogP contribution >= 0.6 is 0 Å². The SMILES string of the molecule is O=C(NC(CN1CCCC1=O)C(=O)O)OCc1ccccc1. The number of carboxylic acid groups (broad SMARTS) is 1. The quantitative estimate of drug-likeness (QED) is 0.817. The van der Waals surface area contributed by atoms with Crippen molar-refractivity contribution in [3.8, 4) is 0 Å². The summed E-state index contributed by atoms with van der Waals surface area (Å²) in [5.41, 5.74) is 0.805. The van der Waals surface area contributed by atoms with E-state index in [1.54, 1.807) is 12.1 Å². The Morgan fingerprint density at radius 3 is 2.64 bits per heavy atom. The van der Waals surface area contributed by atoms with Crippen molar-refractivity contribution in [2.24, 2.45) is 0 Å². The van der Waals surface area contributed by atoms with Crippen LogP contribution in [-0.2, 0) is 20.9 Å². The van der Waals surface area contributed by atoms with Crippen molar-refractivity contribution in [3.05, 3.63) is 35.9 Å². The van der Waals surface area contributed by atoms with Crippen LogP contribution in [0.2, 0.25) is 0 Å². The first-order valence-corrected chi connectivity index (χ1v) is 7.04. The molecule has 1 saturated heterocycles. The zero-order chi connectivity index (χ0) is 15.9. The molecule has 118 valence electrons. The van der Waals surface area contributed by atoms with Crippen LogP contribution in [0.15, 0.2) is 30.3 Å². The van der Waals surface area contributed by atoms with Crippen LogP contribution in [0.3, 0.4) is 0 Å². The van der Waals surface area contributed by atoms with E-state index in [2.05, 4.69) is 5.32 Å². The third-order valence-corrected chi connectivity index (χ3v) is 3.38. The standard InChI is InChI=1S/C15H18N2O5/c18-13-7-4-8-17(13)9-12(14(19)20)16-15(21)22-10-11-5-2-1-3-6-11/h1-3,5-6,12H,4,7-10H2,(H,16,21)(H,19,20). The first kappa shape index (κ1) is 15.8. The first-order valence-electron chi connectivity index (χ1n) is 7.04. The molecule has 2 amide bonds. The summed E-state index contributed by atoms with van der Waals surface area (Å²) in [5.74, 6) is -1.29. The smallest absolute Gasteiger partial charge is 0.408 e. The third kappa shape index (κ3) is 4.47. The predicted octanol–water partition coefficient (Wildman–Crippen LogP) is 0.988. The molecule has 0 aliphatic carbocycles. The number of likely N-dealkylation sites (tertiary alicyclic amines) is 1. The molecule has 7 nitrogen and oxygen atoms in total. The zero-order valence-corrected chi connectivity index (χ0v) is 12.0. The second-order valence-corrected chi connectivity index (χ2v) is 5.04.